The predicted octanol–water partition coefficient (Wildman–Crippen LogP) is 2.62. The topological polar surface area (TPSA) is 71.1 Å². The van der Waals surface area contributed by atoms with Crippen molar-refractivity contribution in [1.29, 1.82) is 0 Å². The zero-order valence-corrected chi connectivity index (χ0v) is 13.5. The third-order valence-corrected chi connectivity index (χ3v) is 4.52. The van der Waals surface area contributed by atoms with E-state index in [1.54, 1.807) is 6.07 Å². The van der Waals surface area contributed by atoms with E-state index in [0.29, 0.717) is 18.3 Å². The summed E-state index contributed by atoms with van der Waals surface area (Å²) in [5, 5.41) is 3.01. The predicted molar refractivity (Wildman–Crippen MR) is 82.3 cm³/mol. The summed E-state index contributed by atoms with van der Waals surface area (Å²) in [5.74, 6) is 1.15. The fourth-order valence-electron chi connectivity index (χ4n) is 1.83. The maximum Gasteiger partial charge on any atom is 0.240 e. The van der Waals surface area contributed by atoms with Gasteiger partial charge in [0.25, 0.3) is 0 Å². The molecule has 1 aromatic heterocycles. The average molecular weight is 299 g/mol. The van der Waals surface area contributed by atoms with Crippen molar-refractivity contribution >= 4 is 15.8 Å². The molecule has 6 heteroatoms. The highest BCUT2D eigenvalue weighted by atomic mass is 32.2. The Morgan fingerprint density at radius 1 is 1.25 bits per heavy atom. The van der Waals surface area contributed by atoms with E-state index in [0.717, 1.165) is 12.8 Å². The number of rotatable bonds is 8. The van der Waals surface area contributed by atoms with Gasteiger partial charge in [-0.25, -0.2) is 18.1 Å². The zero-order chi connectivity index (χ0) is 15.2. The van der Waals surface area contributed by atoms with Gasteiger partial charge in [-0.3, -0.25) is 0 Å². The second-order valence-electron chi connectivity index (χ2n) is 5.40. The first kappa shape index (κ1) is 16.9. The minimum Gasteiger partial charge on any atom is -0.370 e. The Morgan fingerprint density at radius 3 is 2.55 bits per heavy atom. The number of sulfonamides is 1. The van der Waals surface area contributed by atoms with Gasteiger partial charge in [0.05, 0.1) is 4.90 Å². The van der Waals surface area contributed by atoms with Gasteiger partial charge >= 0.3 is 0 Å². The van der Waals surface area contributed by atoms with Crippen molar-refractivity contribution in [2.45, 2.75) is 51.5 Å². The van der Waals surface area contributed by atoms with E-state index in [9.17, 15) is 8.42 Å². The van der Waals surface area contributed by atoms with Gasteiger partial charge < -0.3 is 5.32 Å². The molecule has 0 aliphatic carbocycles. The van der Waals surface area contributed by atoms with E-state index >= 15 is 0 Å². The lowest BCUT2D eigenvalue weighted by Crippen LogP contribution is -2.32. The maximum atomic E-state index is 12.3. The van der Waals surface area contributed by atoms with Crippen LogP contribution < -0.4 is 10.0 Å². The third-order valence-electron chi connectivity index (χ3n) is 2.93. The van der Waals surface area contributed by atoms with Gasteiger partial charge in [0.15, 0.2) is 0 Å². The van der Waals surface area contributed by atoms with Crippen LogP contribution in [0.2, 0.25) is 0 Å². The van der Waals surface area contributed by atoms with Gasteiger partial charge in [0.2, 0.25) is 10.0 Å². The van der Waals surface area contributed by atoms with E-state index < -0.39 is 10.0 Å². The van der Waals surface area contributed by atoms with Crippen molar-refractivity contribution in [3.63, 3.8) is 0 Å². The molecule has 0 spiro atoms. The van der Waals surface area contributed by atoms with E-state index in [4.69, 9.17) is 0 Å². The van der Waals surface area contributed by atoms with Crippen LogP contribution in [0.25, 0.3) is 0 Å². The molecule has 1 aromatic rings. The summed E-state index contributed by atoms with van der Waals surface area (Å²) in [7, 11) is -3.48. The van der Waals surface area contributed by atoms with Crippen LogP contribution in [0.15, 0.2) is 23.2 Å². The van der Waals surface area contributed by atoms with Crippen LogP contribution in [0, 0.1) is 5.92 Å². The first-order valence-corrected chi connectivity index (χ1v) is 8.55. The summed E-state index contributed by atoms with van der Waals surface area (Å²) in [4.78, 5) is 4.33. The molecule has 0 aliphatic rings. The van der Waals surface area contributed by atoms with Crippen LogP contribution in [-0.4, -0.2) is 26.0 Å². The van der Waals surface area contributed by atoms with Crippen LogP contribution in [0.5, 0.6) is 0 Å². The molecule has 20 heavy (non-hydrogen) atoms. The van der Waals surface area contributed by atoms with Crippen LogP contribution in [0.3, 0.4) is 0 Å². The molecule has 1 rings (SSSR count). The first-order valence-electron chi connectivity index (χ1n) is 7.07. The molecule has 0 aromatic carbocycles. The average Bonchev–Trinajstić information content (AvgIpc) is 2.37. The van der Waals surface area contributed by atoms with Crippen molar-refractivity contribution in [3.05, 3.63) is 18.3 Å². The molecule has 0 saturated heterocycles. The number of pyridine rings is 1. The van der Waals surface area contributed by atoms with E-state index in [-0.39, 0.29) is 10.9 Å². The van der Waals surface area contributed by atoms with Crippen LogP contribution in [0.4, 0.5) is 5.82 Å². The standard InChI is InChI=1S/C14H25N3O2S/c1-5-15-14-10-13(8-9-16-14)20(18,19)17-12(4)7-6-11(2)3/h8-12,17H,5-7H2,1-4H3,(H,15,16). The molecule has 0 fully saturated rings. The molecule has 0 aliphatic heterocycles. The van der Waals surface area contributed by atoms with Gasteiger partial charge in [-0.1, -0.05) is 13.8 Å². The normalized spacial score (nSPS) is 13.4. The van der Waals surface area contributed by atoms with Gasteiger partial charge in [0, 0.05) is 24.8 Å². The number of anilines is 1. The summed E-state index contributed by atoms with van der Waals surface area (Å²) in [5.41, 5.74) is 0. The minimum atomic E-state index is -3.48. The SMILES string of the molecule is CCNc1cc(S(=O)(=O)NC(C)CCC(C)C)ccn1. The van der Waals surface area contributed by atoms with Gasteiger partial charge in [-0.15, -0.1) is 0 Å². The third kappa shape index (κ3) is 5.46. The molecule has 0 radical (unpaired) electrons. The second-order valence-corrected chi connectivity index (χ2v) is 7.11. The minimum absolute atomic E-state index is 0.0712. The molecule has 1 atom stereocenters. The molecule has 0 saturated carbocycles. The van der Waals surface area contributed by atoms with E-state index in [2.05, 4.69) is 28.9 Å². The summed E-state index contributed by atoms with van der Waals surface area (Å²) in [6.45, 7) is 8.80. The summed E-state index contributed by atoms with van der Waals surface area (Å²) >= 11 is 0. The Balaban J connectivity index is 2.75. The number of hydrogen-bond donors (Lipinski definition) is 2. The molecular formula is C14H25N3O2S. The lowest BCUT2D eigenvalue weighted by atomic mass is 10.1. The van der Waals surface area contributed by atoms with Crippen molar-refractivity contribution < 1.29 is 8.42 Å². The summed E-state index contributed by atoms with van der Waals surface area (Å²) in [6, 6.07) is 3.00. The van der Waals surface area contributed by atoms with Crippen molar-refractivity contribution in [1.82, 2.24) is 9.71 Å². The van der Waals surface area contributed by atoms with Gasteiger partial charge in [-0.05, 0) is 38.7 Å². The largest absolute Gasteiger partial charge is 0.370 e. The molecule has 0 amide bonds. The zero-order valence-electron chi connectivity index (χ0n) is 12.7. The molecular weight excluding hydrogens is 274 g/mol. The van der Waals surface area contributed by atoms with Crippen molar-refractivity contribution in [2.24, 2.45) is 5.92 Å². The lowest BCUT2D eigenvalue weighted by Gasteiger charge is -2.15. The highest BCUT2D eigenvalue weighted by Crippen LogP contribution is 2.14. The van der Waals surface area contributed by atoms with Gasteiger partial charge in [0.1, 0.15) is 5.82 Å². The highest BCUT2D eigenvalue weighted by molar-refractivity contribution is 7.89. The molecule has 2 N–H and O–H groups in total. The fourth-order valence-corrected chi connectivity index (χ4v) is 3.12. The number of nitrogens with zero attached hydrogens (tertiary/aromatic N) is 1. The number of hydrogen-bond acceptors (Lipinski definition) is 4. The van der Waals surface area contributed by atoms with Crippen LogP contribution in [-0.2, 0) is 10.0 Å². The Morgan fingerprint density at radius 2 is 1.95 bits per heavy atom. The van der Waals surface area contributed by atoms with E-state index in [1.165, 1.54) is 12.3 Å². The van der Waals surface area contributed by atoms with Crippen molar-refractivity contribution in [3.8, 4) is 0 Å². The maximum absolute atomic E-state index is 12.3. The lowest BCUT2D eigenvalue weighted by molar-refractivity contribution is 0.485. The molecule has 114 valence electrons. The van der Waals surface area contributed by atoms with Crippen LogP contribution in [0.1, 0.15) is 40.5 Å². The van der Waals surface area contributed by atoms with Crippen LogP contribution >= 0.6 is 0 Å². The molecule has 5 nitrogen and oxygen atoms in total. The molecule has 0 bridgehead atoms. The highest BCUT2D eigenvalue weighted by Gasteiger charge is 2.18. The summed E-state index contributed by atoms with van der Waals surface area (Å²) in [6.07, 6.45) is 3.34. The number of nitrogens with one attached hydrogen (secondary N) is 2. The number of aromatic nitrogens is 1. The monoisotopic (exact) mass is 299 g/mol. The Labute approximate surface area is 122 Å². The molecule has 1 unspecified atom stereocenters. The Hall–Kier alpha value is -1.14. The Kier molecular flexibility index (Phi) is 6.42. The first-order chi connectivity index (χ1) is 9.35. The smallest absolute Gasteiger partial charge is 0.240 e. The quantitative estimate of drug-likeness (QED) is 0.774. The van der Waals surface area contributed by atoms with Crippen molar-refractivity contribution in [2.75, 3.05) is 11.9 Å². The molecule has 1 heterocycles. The van der Waals surface area contributed by atoms with Gasteiger partial charge in [-0.2, -0.15) is 0 Å². The fraction of sp³-hybridized carbons (Fsp3) is 0.643. The summed E-state index contributed by atoms with van der Waals surface area (Å²) < 4.78 is 27.3. The Bertz CT molecular complexity index is 515. The second kappa shape index (κ2) is 7.59. The van der Waals surface area contributed by atoms with E-state index in [1.807, 2.05) is 13.8 Å².